The van der Waals surface area contributed by atoms with Gasteiger partial charge in [0.1, 0.15) is 11.5 Å². The second-order valence-corrected chi connectivity index (χ2v) is 5.38. The molecule has 0 spiro atoms. The molecule has 0 radical (unpaired) electrons. The van der Waals surface area contributed by atoms with Crippen molar-refractivity contribution >= 4 is 33.3 Å². The second-order valence-electron chi connectivity index (χ2n) is 4.11. The smallest absolute Gasteiger partial charge is 0.256 e. The van der Waals surface area contributed by atoms with Crippen LogP contribution in [0.5, 0.6) is 11.6 Å². The van der Waals surface area contributed by atoms with Gasteiger partial charge in [0.15, 0.2) is 11.6 Å². The van der Waals surface area contributed by atoms with Gasteiger partial charge in [-0.05, 0) is 19.1 Å². The summed E-state index contributed by atoms with van der Waals surface area (Å²) in [6, 6.07) is 2.30. The monoisotopic (exact) mass is 374 g/mol. The van der Waals surface area contributed by atoms with E-state index in [4.69, 9.17) is 16.3 Å². The number of halogens is 4. The van der Waals surface area contributed by atoms with Crippen molar-refractivity contribution in [2.24, 2.45) is 0 Å². The van der Waals surface area contributed by atoms with E-state index in [2.05, 4.69) is 31.0 Å². The first kappa shape index (κ1) is 14.2. The molecule has 2 heterocycles. The van der Waals surface area contributed by atoms with Gasteiger partial charge in [-0.15, -0.1) is 0 Å². The first-order chi connectivity index (χ1) is 9.97. The lowest BCUT2D eigenvalue weighted by molar-refractivity contribution is 0.393. The molecule has 5 nitrogen and oxygen atoms in total. The standard InChI is InChI=1S/C12H6BrClF2N4O/c1-5-10(14)19-12-17-4-18-20(12)11(5)21-8-3-6(13)2-7(15)9(8)16/h2-4H,1H3. The van der Waals surface area contributed by atoms with Crippen LogP contribution in [0.15, 0.2) is 22.9 Å². The molecule has 1 aromatic carbocycles. The molecule has 0 bridgehead atoms. The molecule has 0 saturated carbocycles. The van der Waals surface area contributed by atoms with Crippen LogP contribution in [0.4, 0.5) is 8.78 Å². The average molecular weight is 376 g/mol. The van der Waals surface area contributed by atoms with Crippen molar-refractivity contribution in [2.75, 3.05) is 0 Å². The quantitative estimate of drug-likeness (QED) is 0.503. The normalized spacial score (nSPS) is 11.1. The summed E-state index contributed by atoms with van der Waals surface area (Å²) in [6.07, 6.45) is 1.25. The molecule has 0 atom stereocenters. The lowest BCUT2D eigenvalue weighted by Gasteiger charge is -2.11. The summed E-state index contributed by atoms with van der Waals surface area (Å²) in [5.74, 6) is -2.15. The molecular weight excluding hydrogens is 370 g/mol. The summed E-state index contributed by atoms with van der Waals surface area (Å²) in [4.78, 5) is 7.87. The SMILES string of the molecule is Cc1c(Cl)nc2ncnn2c1Oc1cc(Br)cc(F)c1F. The van der Waals surface area contributed by atoms with Crippen molar-refractivity contribution in [3.8, 4) is 11.6 Å². The van der Waals surface area contributed by atoms with Crippen LogP contribution in [0, 0.1) is 18.6 Å². The number of hydrogen-bond donors (Lipinski definition) is 0. The van der Waals surface area contributed by atoms with E-state index in [1.807, 2.05) is 0 Å². The summed E-state index contributed by atoms with van der Waals surface area (Å²) in [7, 11) is 0. The van der Waals surface area contributed by atoms with Gasteiger partial charge in [-0.3, -0.25) is 0 Å². The highest BCUT2D eigenvalue weighted by Crippen LogP contribution is 2.32. The number of rotatable bonds is 2. The summed E-state index contributed by atoms with van der Waals surface area (Å²) in [5.41, 5.74) is 0.425. The molecule has 108 valence electrons. The van der Waals surface area contributed by atoms with Gasteiger partial charge in [-0.2, -0.15) is 24.0 Å². The zero-order valence-corrected chi connectivity index (χ0v) is 12.8. The van der Waals surface area contributed by atoms with Gasteiger partial charge in [0.2, 0.25) is 11.7 Å². The van der Waals surface area contributed by atoms with Gasteiger partial charge in [0.05, 0.1) is 0 Å². The Morgan fingerprint density at radius 2 is 2.10 bits per heavy atom. The molecule has 0 saturated heterocycles. The number of ether oxygens (including phenoxy) is 1. The molecular formula is C12H6BrClF2N4O. The highest BCUT2D eigenvalue weighted by atomic mass is 79.9. The summed E-state index contributed by atoms with van der Waals surface area (Å²) < 4.78 is 34.3. The van der Waals surface area contributed by atoms with Crippen LogP contribution in [-0.4, -0.2) is 19.6 Å². The third-order valence-corrected chi connectivity index (χ3v) is 3.54. The zero-order valence-electron chi connectivity index (χ0n) is 10.4. The Labute approximate surface area is 130 Å². The maximum atomic E-state index is 13.8. The first-order valence-electron chi connectivity index (χ1n) is 5.65. The van der Waals surface area contributed by atoms with Crippen molar-refractivity contribution in [3.63, 3.8) is 0 Å². The number of hydrogen-bond acceptors (Lipinski definition) is 4. The maximum absolute atomic E-state index is 13.8. The topological polar surface area (TPSA) is 52.3 Å². The Morgan fingerprint density at radius 3 is 2.86 bits per heavy atom. The lowest BCUT2D eigenvalue weighted by Crippen LogP contribution is -2.03. The van der Waals surface area contributed by atoms with Gasteiger partial charge in [-0.25, -0.2) is 4.39 Å². The van der Waals surface area contributed by atoms with Crippen molar-refractivity contribution in [1.82, 2.24) is 19.6 Å². The van der Waals surface area contributed by atoms with E-state index < -0.39 is 11.6 Å². The van der Waals surface area contributed by atoms with Gasteiger partial charge in [0.25, 0.3) is 5.78 Å². The van der Waals surface area contributed by atoms with Gasteiger partial charge >= 0.3 is 0 Å². The molecule has 3 rings (SSSR count). The number of nitrogens with zero attached hydrogens (tertiary/aromatic N) is 4. The van der Waals surface area contributed by atoms with Crippen LogP contribution in [0.3, 0.4) is 0 Å². The van der Waals surface area contributed by atoms with E-state index >= 15 is 0 Å². The van der Waals surface area contributed by atoms with E-state index in [-0.39, 0.29) is 22.6 Å². The molecule has 2 aromatic heterocycles. The molecule has 0 fully saturated rings. The third kappa shape index (κ3) is 2.44. The number of benzene rings is 1. The van der Waals surface area contributed by atoms with Crippen LogP contribution in [0.1, 0.15) is 5.56 Å². The van der Waals surface area contributed by atoms with Crippen molar-refractivity contribution in [3.05, 3.63) is 45.3 Å². The molecule has 0 amide bonds. The molecule has 0 N–H and O–H groups in total. The van der Waals surface area contributed by atoms with E-state index in [1.54, 1.807) is 6.92 Å². The molecule has 0 aliphatic rings. The minimum Gasteiger partial charge on any atom is -0.435 e. The number of fused-ring (bicyclic) bond motifs is 1. The van der Waals surface area contributed by atoms with Crippen LogP contribution < -0.4 is 4.74 Å². The first-order valence-corrected chi connectivity index (χ1v) is 6.82. The largest absolute Gasteiger partial charge is 0.435 e. The molecule has 0 aliphatic heterocycles. The average Bonchev–Trinajstić information content (AvgIpc) is 2.88. The molecule has 3 aromatic rings. The van der Waals surface area contributed by atoms with Crippen LogP contribution in [0.2, 0.25) is 5.15 Å². The Bertz CT molecular complexity index is 855. The highest BCUT2D eigenvalue weighted by Gasteiger charge is 2.18. The van der Waals surface area contributed by atoms with Crippen LogP contribution in [0.25, 0.3) is 5.78 Å². The molecule has 21 heavy (non-hydrogen) atoms. The van der Waals surface area contributed by atoms with E-state index in [1.165, 1.54) is 16.9 Å². The Hall–Kier alpha value is -1.80. The third-order valence-electron chi connectivity index (χ3n) is 2.72. The molecule has 9 heteroatoms. The van der Waals surface area contributed by atoms with Gasteiger partial charge in [-0.1, -0.05) is 27.5 Å². The van der Waals surface area contributed by atoms with E-state index in [0.29, 0.717) is 10.0 Å². The van der Waals surface area contributed by atoms with E-state index in [0.717, 1.165) is 6.07 Å². The fraction of sp³-hybridized carbons (Fsp3) is 0.0833. The van der Waals surface area contributed by atoms with Crippen LogP contribution >= 0.6 is 27.5 Å². The minimum atomic E-state index is -1.11. The summed E-state index contributed by atoms with van der Waals surface area (Å²) in [6.45, 7) is 1.62. The predicted molar refractivity (Wildman–Crippen MR) is 74.7 cm³/mol. The van der Waals surface area contributed by atoms with Crippen molar-refractivity contribution in [2.45, 2.75) is 6.92 Å². The van der Waals surface area contributed by atoms with E-state index in [9.17, 15) is 8.78 Å². The Balaban J connectivity index is 2.18. The molecule has 0 unspecified atom stereocenters. The Morgan fingerprint density at radius 1 is 1.33 bits per heavy atom. The predicted octanol–water partition coefficient (Wildman–Crippen LogP) is 3.92. The summed E-state index contributed by atoms with van der Waals surface area (Å²) in [5, 5.41) is 4.06. The highest BCUT2D eigenvalue weighted by molar-refractivity contribution is 9.10. The lowest BCUT2D eigenvalue weighted by atomic mass is 10.3. The summed E-state index contributed by atoms with van der Waals surface area (Å²) >= 11 is 9.04. The Kier molecular flexibility index (Phi) is 3.50. The van der Waals surface area contributed by atoms with Crippen LogP contribution in [-0.2, 0) is 0 Å². The fourth-order valence-electron chi connectivity index (χ4n) is 1.70. The minimum absolute atomic E-state index is 0.110. The van der Waals surface area contributed by atoms with Gasteiger partial charge < -0.3 is 4.74 Å². The van der Waals surface area contributed by atoms with Crippen molar-refractivity contribution in [1.29, 1.82) is 0 Å². The fourth-order valence-corrected chi connectivity index (χ4v) is 2.27. The number of aromatic nitrogens is 4. The van der Waals surface area contributed by atoms with Crippen molar-refractivity contribution < 1.29 is 13.5 Å². The zero-order chi connectivity index (χ0) is 15.1. The second kappa shape index (κ2) is 5.19. The van der Waals surface area contributed by atoms with Gasteiger partial charge in [0, 0.05) is 10.0 Å². The maximum Gasteiger partial charge on any atom is 0.256 e. The molecule has 0 aliphatic carbocycles.